The van der Waals surface area contributed by atoms with Crippen LogP contribution in [0.1, 0.15) is 34.1 Å². The molecule has 1 heteroatoms. The van der Waals surface area contributed by atoms with Crippen LogP contribution in [-0.2, 0) is 4.74 Å². The monoisotopic (exact) mass is 180 g/mol. The van der Waals surface area contributed by atoms with E-state index in [9.17, 15) is 0 Å². The van der Waals surface area contributed by atoms with Gasteiger partial charge in [-0.25, -0.2) is 0 Å². The molecule has 13 heavy (non-hydrogen) atoms. The van der Waals surface area contributed by atoms with E-state index in [1.807, 2.05) is 20.8 Å². The van der Waals surface area contributed by atoms with Gasteiger partial charge in [-0.3, -0.25) is 0 Å². The second-order valence-corrected chi connectivity index (χ2v) is 3.30. The van der Waals surface area contributed by atoms with Crippen molar-refractivity contribution < 1.29 is 4.74 Å². The van der Waals surface area contributed by atoms with Crippen LogP contribution in [0.3, 0.4) is 0 Å². The van der Waals surface area contributed by atoms with Crippen molar-refractivity contribution in [3.8, 4) is 0 Å². The molecule has 0 heterocycles. The van der Waals surface area contributed by atoms with Crippen molar-refractivity contribution in [1.82, 2.24) is 0 Å². The number of allylic oxidation sites excluding steroid dienone is 3. The summed E-state index contributed by atoms with van der Waals surface area (Å²) < 4.78 is 5.43. The zero-order valence-electron chi connectivity index (χ0n) is 9.24. The zero-order valence-corrected chi connectivity index (χ0v) is 9.24. The second-order valence-electron chi connectivity index (χ2n) is 3.30. The smallest absolute Gasteiger partial charge is 0.115 e. The Hall–Kier alpha value is -0.980. The molecule has 0 aromatic heterocycles. The summed E-state index contributed by atoms with van der Waals surface area (Å²) in [6, 6.07) is 0. The van der Waals surface area contributed by atoms with Crippen LogP contribution in [0.4, 0.5) is 0 Å². The van der Waals surface area contributed by atoms with E-state index in [4.69, 9.17) is 4.74 Å². The number of rotatable bonds is 5. The fraction of sp³-hybridized carbons (Fsp3) is 0.500. The molecular formula is C12H20O. The zero-order chi connectivity index (χ0) is 10.4. The Balaban J connectivity index is 4.40. The molecule has 0 saturated heterocycles. The van der Waals surface area contributed by atoms with Gasteiger partial charge >= 0.3 is 0 Å². The molecule has 0 aromatic carbocycles. The van der Waals surface area contributed by atoms with E-state index < -0.39 is 0 Å². The first kappa shape index (κ1) is 12.0. The number of ether oxygens (including phenoxy) is 1. The van der Waals surface area contributed by atoms with E-state index in [1.54, 1.807) is 0 Å². The Bertz CT molecular complexity index is 234. The molecule has 0 amide bonds. The molecular weight excluding hydrogens is 160 g/mol. The normalized spacial score (nSPS) is 12.0. The standard InChI is InChI=1S/C12H20O/c1-7-8-13-12(6)11(5)10(4)9(2)3/h2,6-8H2,1,3-5H3/b11-10-. The van der Waals surface area contributed by atoms with Crippen molar-refractivity contribution in [2.45, 2.75) is 34.1 Å². The lowest BCUT2D eigenvalue weighted by atomic mass is 10.0. The summed E-state index contributed by atoms with van der Waals surface area (Å²) in [5.41, 5.74) is 3.33. The first-order valence-corrected chi connectivity index (χ1v) is 4.66. The lowest BCUT2D eigenvalue weighted by Gasteiger charge is -2.11. The van der Waals surface area contributed by atoms with E-state index >= 15 is 0 Å². The van der Waals surface area contributed by atoms with E-state index in [1.165, 1.54) is 5.57 Å². The number of hydrogen-bond donors (Lipinski definition) is 0. The maximum absolute atomic E-state index is 5.43. The van der Waals surface area contributed by atoms with Crippen LogP contribution in [-0.4, -0.2) is 6.61 Å². The van der Waals surface area contributed by atoms with Gasteiger partial charge in [-0.05, 0) is 38.3 Å². The largest absolute Gasteiger partial charge is 0.494 e. The Labute approximate surface area is 81.8 Å². The average Bonchev–Trinajstić information content (AvgIpc) is 2.11. The fourth-order valence-electron chi connectivity index (χ4n) is 0.863. The van der Waals surface area contributed by atoms with E-state index in [-0.39, 0.29) is 0 Å². The van der Waals surface area contributed by atoms with Crippen molar-refractivity contribution >= 4 is 0 Å². The lowest BCUT2D eigenvalue weighted by Crippen LogP contribution is -1.96. The molecule has 0 aromatic rings. The van der Waals surface area contributed by atoms with Crippen LogP contribution in [0.5, 0.6) is 0 Å². The van der Waals surface area contributed by atoms with E-state index in [0.717, 1.165) is 29.9 Å². The maximum atomic E-state index is 5.43. The molecule has 0 aliphatic heterocycles. The SMILES string of the molecule is C=C(C)/C(C)=C(/C)C(=C)OCCC. The summed E-state index contributed by atoms with van der Waals surface area (Å²) >= 11 is 0. The summed E-state index contributed by atoms with van der Waals surface area (Å²) in [4.78, 5) is 0. The quantitative estimate of drug-likeness (QED) is 0.461. The number of hydrogen-bond acceptors (Lipinski definition) is 1. The Morgan fingerprint density at radius 1 is 1.08 bits per heavy atom. The van der Waals surface area contributed by atoms with Crippen molar-refractivity contribution in [3.63, 3.8) is 0 Å². The molecule has 0 radical (unpaired) electrons. The van der Waals surface area contributed by atoms with Gasteiger partial charge < -0.3 is 4.74 Å². The van der Waals surface area contributed by atoms with Gasteiger partial charge in [0.05, 0.1) is 6.61 Å². The lowest BCUT2D eigenvalue weighted by molar-refractivity contribution is 0.221. The van der Waals surface area contributed by atoms with Gasteiger partial charge in [-0.2, -0.15) is 0 Å². The molecule has 1 nitrogen and oxygen atoms in total. The molecule has 0 spiro atoms. The topological polar surface area (TPSA) is 9.23 Å². The first-order chi connectivity index (χ1) is 6.00. The average molecular weight is 180 g/mol. The van der Waals surface area contributed by atoms with Gasteiger partial charge in [-0.1, -0.05) is 25.7 Å². The van der Waals surface area contributed by atoms with Crippen molar-refractivity contribution in [3.05, 3.63) is 35.6 Å². The summed E-state index contributed by atoms with van der Waals surface area (Å²) in [7, 11) is 0. The first-order valence-electron chi connectivity index (χ1n) is 4.66. The third kappa shape index (κ3) is 3.97. The van der Waals surface area contributed by atoms with Crippen LogP contribution in [0.2, 0.25) is 0 Å². The van der Waals surface area contributed by atoms with Crippen molar-refractivity contribution in [2.75, 3.05) is 6.61 Å². The molecule has 0 N–H and O–H groups in total. The van der Waals surface area contributed by atoms with Gasteiger partial charge in [0.15, 0.2) is 0 Å². The minimum absolute atomic E-state index is 0.736. The molecule has 0 aliphatic carbocycles. The van der Waals surface area contributed by atoms with Crippen LogP contribution < -0.4 is 0 Å². The Morgan fingerprint density at radius 3 is 2.00 bits per heavy atom. The van der Waals surface area contributed by atoms with E-state index in [2.05, 4.69) is 20.1 Å². The molecule has 0 fully saturated rings. The minimum atomic E-state index is 0.736. The second kappa shape index (κ2) is 5.63. The van der Waals surface area contributed by atoms with Crippen molar-refractivity contribution in [2.24, 2.45) is 0 Å². The molecule has 0 bridgehead atoms. The highest BCUT2D eigenvalue weighted by Crippen LogP contribution is 2.18. The third-order valence-electron chi connectivity index (χ3n) is 2.10. The van der Waals surface area contributed by atoms with Crippen LogP contribution in [0.15, 0.2) is 35.6 Å². The van der Waals surface area contributed by atoms with Crippen LogP contribution in [0.25, 0.3) is 0 Å². The fourth-order valence-corrected chi connectivity index (χ4v) is 0.863. The van der Waals surface area contributed by atoms with Gasteiger partial charge in [-0.15, -0.1) is 0 Å². The Kier molecular flexibility index (Phi) is 5.20. The molecule has 0 rings (SSSR count). The van der Waals surface area contributed by atoms with Crippen molar-refractivity contribution in [1.29, 1.82) is 0 Å². The van der Waals surface area contributed by atoms with Gasteiger partial charge in [0, 0.05) is 0 Å². The van der Waals surface area contributed by atoms with E-state index in [0.29, 0.717) is 0 Å². The highest BCUT2D eigenvalue weighted by Gasteiger charge is 2.02. The molecule has 0 atom stereocenters. The third-order valence-corrected chi connectivity index (χ3v) is 2.10. The van der Waals surface area contributed by atoms with Gasteiger partial charge in [0.25, 0.3) is 0 Å². The molecule has 0 aliphatic rings. The van der Waals surface area contributed by atoms with Crippen LogP contribution >= 0.6 is 0 Å². The molecule has 74 valence electrons. The predicted molar refractivity (Wildman–Crippen MR) is 58.6 cm³/mol. The highest BCUT2D eigenvalue weighted by molar-refractivity contribution is 5.36. The minimum Gasteiger partial charge on any atom is -0.494 e. The maximum Gasteiger partial charge on any atom is 0.115 e. The summed E-state index contributed by atoms with van der Waals surface area (Å²) in [5.74, 6) is 0.766. The molecule has 0 unspecified atom stereocenters. The van der Waals surface area contributed by atoms with Gasteiger partial charge in [0.2, 0.25) is 0 Å². The molecule has 0 saturated carbocycles. The summed E-state index contributed by atoms with van der Waals surface area (Å²) in [6.45, 7) is 16.6. The van der Waals surface area contributed by atoms with Gasteiger partial charge in [0.1, 0.15) is 5.76 Å². The Morgan fingerprint density at radius 2 is 1.62 bits per heavy atom. The summed E-state index contributed by atoms with van der Waals surface area (Å²) in [5, 5.41) is 0. The highest BCUT2D eigenvalue weighted by atomic mass is 16.5. The predicted octanol–water partition coefficient (Wildman–Crippen LogP) is 3.84. The van der Waals surface area contributed by atoms with Crippen LogP contribution in [0, 0.1) is 0 Å². The summed E-state index contributed by atoms with van der Waals surface area (Å²) in [6.07, 6.45) is 1.01.